The number of carbonyl (C=O) groups is 1. The summed E-state index contributed by atoms with van der Waals surface area (Å²) in [5.74, 6) is -0.0493. The number of carbonyl (C=O) groups excluding carboxylic acids is 1. The van der Waals surface area contributed by atoms with E-state index in [1.54, 1.807) is 13.1 Å². The maximum absolute atomic E-state index is 11.3. The smallest absolute Gasteiger partial charge is 0.251 e. The summed E-state index contributed by atoms with van der Waals surface area (Å²) in [4.78, 5) is 11.3. The Morgan fingerprint density at radius 1 is 1.43 bits per heavy atom. The van der Waals surface area contributed by atoms with E-state index in [0.29, 0.717) is 11.7 Å². The van der Waals surface area contributed by atoms with Gasteiger partial charge in [0.15, 0.2) is 0 Å². The van der Waals surface area contributed by atoms with Gasteiger partial charge in [0.1, 0.15) is 0 Å². The first kappa shape index (κ1) is 9.52. The van der Waals surface area contributed by atoms with E-state index in [2.05, 4.69) is 10.6 Å². The van der Waals surface area contributed by atoms with Crippen LogP contribution >= 0.6 is 0 Å². The Morgan fingerprint density at radius 3 is 2.79 bits per heavy atom. The molecule has 4 nitrogen and oxygen atoms in total. The quantitative estimate of drug-likeness (QED) is 0.688. The van der Waals surface area contributed by atoms with E-state index in [1.807, 2.05) is 0 Å². The van der Waals surface area contributed by atoms with E-state index in [1.165, 1.54) is 12.8 Å². The van der Waals surface area contributed by atoms with Crippen molar-refractivity contribution in [2.24, 2.45) is 0 Å². The molecule has 1 aliphatic heterocycles. The summed E-state index contributed by atoms with van der Waals surface area (Å²) in [5, 5.41) is 5.76. The standard InChI is InChI=1S/C10H16N2O2/c1-7-6-11-10(12-9(7)13)14-8-4-2-3-5-8/h6,8,10-11H,2-5H2,1H3,(H,12,13). The van der Waals surface area contributed by atoms with E-state index in [0.717, 1.165) is 12.8 Å². The van der Waals surface area contributed by atoms with E-state index >= 15 is 0 Å². The van der Waals surface area contributed by atoms with Crippen molar-refractivity contribution in [3.63, 3.8) is 0 Å². The van der Waals surface area contributed by atoms with Crippen LogP contribution in [-0.2, 0) is 9.53 Å². The van der Waals surface area contributed by atoms with Crippen molar-refractivity contribution in [3.05, 3.63) is 11.8 Å². The SMILES string of the molecule is CC1=CNC(OC2CCCC2)NC1=O. The first-order valence-corrected chi connectivity index (χ1v) is 5.15. The van der Waals surface area contributed by atoms with Crippen LogP contribution in [0.4, 0.5) is 0 Å². The molecule has 1 amide bonds. The molecule has 1 heterocycles. The van der Waals surface area contributed by atoms with Gasteiger partial charge in [0.25, 0.3) is 5.91 Å². The maximum Gasteiger partial charge on any atom is 0.251 e. The summed E-state index contributed by atoms with van der Waals surface area (Å²) in [6.07, 6.45) is 6.36. The molecule has 0 bridgehead atoms. The molecule has 2 rings (SSSR count). The Hall–Kier alpha value is -1.03. The summed E-state index contributed by atoms with van der Waals surface area (Å²) in [5.41, 5.74) is 0.691. The Balaban J connectivity index is 1.85. The van der Waals surface area contributed by atoms with Gasteiger partial charge in [-0.3, -0.25) is 4.79 Å². The lowest BCUT2D eigenvalue weighted by Gasteiger charge is -2.26. The molecule has 0 aromatic rings. The van der Waals surface area contributed by atoms with Gasteiger partial charge in [0.05, 0.1) is 6.10 Å². The third kappa shape index (κ3) is 2.07. The molecular formula is C10H16N2O2. The Labute approximate surface area is 83.7 Å². The van der Waals surface area contributed by atoms with Crippen LogP contribution < -0.4 is 10.6 Å². The predicted molar refractivity (Wildman–Crippen MR) is 52.2 cm³/mol. The number of hydrogen-bond donors (Lipinski definition) is 2. The van der Waals surface area contributed by atoms with Crippen molar-refractivity contribution in [3.8, 4) is 0 Å². The van der Waals surface area contributed by atoms with Crippen LogP contribution in [0.5, 0.6) is 0 Å². The molecule has 1 atom stereocenters. The van der Waals surface area contributed by atoms with Gasteiger partial charge >= 0.3 is 0 Å². The van der Waals surface area contributed by atoms with Gasteiger partial charge in [0, 0.05) is 11.8 Å². The normalized spacial score (nSPS) is 28.2. The first-order valence-electron chi connectivity index (χ1n) is 5.15. The fraction of sp³-hybridized carbons (Fsp3) is 0.700. The van der Waals surface area contributed by atoms with Gasteiger partial charge in [0.2, 0.25) is 6.35 Å². The molecule has 0 aromatic carbocycles. The van der Waals surface area contributed by atoms with Gasteiger partial charge in [-0.15, -0.1) is 0 Å². The largest absolute Gasteiger partial charge is 0.349 e. The van der Waals surface area contributed by atoms with Crippen LogP contribution in [0.15, 0.2) is 11.8 Å². The molecule has 1 saturated carbocycles. The van der Waals surface area contributed by atoms with Gasteiger partial charge in [-0.05, 0) is 19.8 Å². The number of nitrogens with one attached hydrogen (secondary N) is 2. The summed E-state index contributed by atoms with van der Waals surface area (Å²) >= 11 is 0. The van der Waals surface area contributed by atoms with Gasteiger partial charge in [-0.2, -0.15) is 0 Å². The molecule has 0 saturated heterocycles. The molecule has 0 radical (unpaired) electrons. The highest BCUT2D eigenvalue weighted by Crippen LogP contribution is 2.21. The zero-order chi connectivity index (χ0) is 9.97. The number of hydrogen-bond acceptors (Lipinski definition) is 3. The molecule has 2 N–H and O–H groups in total. The zero-order valence-corrected chi connectivity index (χ0v) is 8.38. The van der Waals surface area contributed by atoms with Crippen molar-refractivity contribution in [1.82, 2.24) is 10.6 Å². The van der Waals surface area contributed by atoms with Crippen molar-refractivity contribution in [2.45, 2.75) is 45.1 Å². The molecule has 0 spiro atoms. The minimum atomic E-state index is -0.339. The van der Waals surface area contributed by atoms with E-state index in [9.17, 15) is 4.79 Å². The van der Waals surface area contributed by atoms with Crippen LogP contribution in [0, 0.1) is 0 Å². The van der Waals surface area contributed by atoms with Crippen LogP contribution in [0.1, 0.15) is 32.6 Å². The summed E-state index contributed by atoms with van der Waals surface area (Å²) in [6, 6.07) is 0. The van der Waals surface area contributed by atoms with Crippen LogP contribution in [0.3, 0.4) is 0 Å². The first-order chi connectivity index (χ1) is 6.75. The predicted octanol–water partition coefficient (Wildman–Crippen LogP) is 0.852. The Bertz CT molecular complexity index is 257. The molecule has 78 valence electrons. The van der Waals surface area contributed by atoms with E-state index in [-0.39, 0.29) is 12.3 Å². The highest BCUT2D eigenvalue weighted by molar-refractivity contribution is 5.93. The second-order valence-electron chi connectivity index (χ2n) is 3.89. The Kier molecular flexibility index (Phi) is 2.72. The molecule has 14 heavy (non-hydrogen) atoms. The average molecular weight is 196 g/mol. The summed E-state index contributed by atoms with van der Waals surface area (Å²) in [7, 11) is 0. The topological polar surface area (TPSA) is 50.4 Å². The molecule has 1 fully saturated rings. The van der Waals surface area contributed by atoms with Crippen molar-refractivity contribution >= 4 is 5.91 Å². The van der Waals surface area contributed by atoms with E-state index < -0.39 is 0 Å². The minimum absolute atomic E-state index is 0.0493. The third-order valence-electron chi connectivity index (χ3n) is 2.70. The molecule has 0 aromatic heterocycles. The summed E-state index contributed by atoms with van der Waals surface area (Å²) < 4.78 is 5.68. The molecular weight excluding hydrogens is 180 g/mol. The van der Waals surface area contributed by atoms with Crippen LogP contribution in [0.25, 0.3) is 0 Å². The number of ether oxygens (including phenoxy) is 1. The van der Waals surface area contributed by atoms with Crippen LogP contribution in [0.2, 0.25) is 0 Å². The van der Waals surface area contributed by atoms with Gasteiger partial charge in [-0.25, -0.2) is 0 Å². The lowest BCUT2D eigenvalue weighted by Crippen LogP contribution is -2.50. The highest BCUT2D eigenvalue weighted by atomic mass is 16.5. The number of rotatable bonds is 2. The molecule has 1 unspecified atom stereocenters. The number of amides is 1. The molecule has 2 aliphatic rings. The minimum Gasteiger partial charge on any atom is -0.349 e. The fourth-order valence-corrected chi connectivity index (χ4v) is 1.83. The Morgan fingerprint density at radius 2 is 2.14 bits per heavy atom. The van der Waals surface area contributed by atoms with E-state index in [4.69, 9.17) is 4.74 Å². The lowest BCUT2D eigenvalue weighted by atomic mass is 10.3. The zero-order valence-electron chi connectivity index (χ0n) is 8.38. The van der Waals surface area contributed by atoms with Crippen molar-refractivity contribution in [2.75, 3.05) is 0 Å². The summed E-state index contributed by atoms with van der Waals surface area (Å²) in [6.45, 7) is 1.77. The second kappa shape index (κ2) is 4.00. The van der Waals surface area contributed by atoms with Crippen LogP contribution in [-0.4, -0.2) is 18.4 Å². The van der Waals surface area contributed by atoms with Gasteiger partial charge in [-0.1, -0.05) is 12.8 Å². The van der Waals surface area contributed by atoms with Gasteiger partial charge < -0.3 is 15.4 Å². The maximum atomic E-state index is 11.3. The average Bonchev–Trinajstić information content (AvgIpc) is 2.64. The fourth-order valence-electron chi connectivity index (χ4n) is 1.83. The second-order valence-corrected chi connectivity index (χ2v) is 3.89. The molecule has 1 aliphatic carbocycles. The third-order valence-corrected chi connectivity index (χ3v) is 2.70. The van der Waals surface area contributed by atoms with Crippen molar-refractivity contribution < 1.29 is 9.53 Å². The highest BCUT2D eigenvalue weighted by Gasteiger charge is 2.23. The van der Waals surface area contributed by atoms with Crippen molar-refractivity contribution in [1.29, 1.82) is 0 Å². The lowest BCUT2D eigenvalue weighted by molar-refractivity contribution is -0.126. The molecule has 4 heteroatoms. The monoisotopic (exact) mass is 196 g/mol.